The number of carboxylic acid groups (broad SMARTS) is 1. The molecule has 20 heavy (non-hydrogen) atoms. The number of carbonyl (C=O) groups is 1. The van der Waals surface area contributed by atoms with Crippen LogP contribution < -0.4 is 9.47 Å². The molecule has 0 unspecified atom stereocenters. The van der Waals surface area contributed by atoms with E-state index >= 15 is 0 Å². The lowest BCUT2D eigenvalue weighted by Gasteiger charge is -2.21. The van der Waals surface area contributed by atoms with Crippen molar-refractivity contribution in [3.05, 3.63) is 28.1 Å². The summed E-state index contributed by atoms with van der Waals surface area (Å²) in [6.45, 7) is 0.710. The fraction of sp³-hybridized carbons (Fsp3) is 0.167. The number of benzene rings is 1. The van der Waals surface area contributed by atoms with Gasteiger partial charge in [-0.05, 0) is 22.0 Å². The third-order valence-corrected chi connectivity index (χ3v) is 3.55. The van der Waals surface area contributed by atoms with Gasteiger partial charge in [-0.2, -0.15) is 5.10 Å². The maximum absolute atomic E-state index is 14.2. The van der Waals surface area contributed by atoms with E-state index in [0.29, 0.717) is 29.2 Å². The zero-order valence-electron chi connectivity index (χ0n) is 9.94. The largest absolute Gasteiger partial charge is 0.486 e. The van der Waals surface area contributed by atoms with Gasteiger partial charge in [0.2, 0.25) is 0 Å². The molecule has 8 heteroatoms. The molecule has 0 saturated heterocycles. The molecule has 2 heterocycles. The summed E-state index contributed by atoms with van der Waals surface area (Å²) in [4.78, 5) is 10.8. The number of ether oxygens (including phenoxy) is 2. The quantitative estimate of drug-likeness (QED) is 0.875. The van der Waals surface area contributed by atoms with Crippen molar-refractivity contribution in [1.82, 2.24) is 10.2 Å². The first-order valence-electron chi connectivity index (χ1n) is 5.64. The molecule has 0 bridgehead atoms. The van der Waals surface area contributed by atoms with Gasteiger partial charge in [-0.3, -0.25) is 5.10 Å². The highest BCUT2D eigenvalue weighted by atomic mass is 79.9. The van der Waals surface area contributed by atoms with Crippen LogP contribution in [0.2, 0.25) is 0 Å². The maximum Gasteiger partial charge on any atom is 0.353 e. The normalized spacial score (nSPS) is 13.3. The Morgan fingerprint density at radius 3 is 2.85 bits per heavy atom. The maximum atomic E-state index is 14.2. The number of hydrogen-bond donors (Lipinski definition) is 2. The predicted molar refractivity (Wildman–Crippen MR) is 69.6 cm³/mol. The Labute approximate surface area is 120 Å². The van der Waals surface area contributed by atoms with Crippen molar-refractivity contribution in [2.75, 3.05) is 13.2 Å². The summed E-state index contributed by atoms with van der Waals surface area (Å²) in [5, 5.41) is 15.0. The van der Waals surface area contributed by atoms with E-state index in [1.165, 1.54) is 12.1 Å². The number of aromatic carboxylic acids is 1. The molecule has 1 aliphatic heterocycles. The van der Waals surface area contributed by atoms with Crippen LogP contribution in [0.25, 0.3) is 11.3 Å². The van der Waals surface area contributed by atoms with Gasteiger partial charge in [0, 0.05) is 6.07 Å². The SMILES string of the molecule is O=C(O)c1cc(-c2c(F)cc3c(c2Br)OCCO3)n[nH]1. The third kappa shape index (κ3) is 2.01. The van der Waals surface area contributed by atoms with Gasteiger partial charge in [0.15, 0.2) is 11.5 Å². The molecular formula is C12H8BrFN2O4. The molecule has 2 aromatic rings. The van der Waals surface area contributed by atoms with Crippen LogP contribution in [0.1, 0.15) is 10.5 Å². The second-order valence-electron chi connectivity index (χ2n) is 4.04. The van der Waals surface area contributed by atoms with E-state index in [9.17, 15) is 9.18 Å². The summed E-state index contributed by atoms with van der Waals surface area (Å²) in [6.07, 6.45) is 0. The van der Waals surface area contributed by atoms with Crippen molar-refractivity contribution in [3.63, 3.8) is 0 Å². The number of aromatic amines is 1. The van der Waals surface area contributed by atoms with Gasteiger partial charge in [-0.25, -0.2) is 9.18 Å². The molecule has 6 nitrogen and oxygen atoms in total. The number of H-pyrrole nitrogens is 1. The topological polar surface area (TPSA) is 84.4 Å². The summed E-state index contributed by atoms with van der Waals surface area (Å²) in [6, 6.07) is 2.45. The minimum Gasteiger partial charge on any atom is -0.486 e. The van der Waals surface area contributed by atoms with Crippen LogP contribution in [0.4, 0.5) is 4.39 Å². The summed E-state index contributed by atoms with van der Waals surface area (Å²) < 4.78 is 25.2. The summed E-state index contributed by atoms with van der Waals surface area (Å²) >= 11 is 3.25. The fourth-order valence-corrected chi connectivity index (χ4v) is 2.61. The van der Waals surface area contributed by atoms with Crippen LogP contribution in [-0.2, 0) is 0 Å². The van der Waals surface area contributed by atoms with E-state index in [-0.39, 0.29) is 17.0 Å². The lowest BCUT2D eigenvalue weighted by atomic mass is 10.1. The molecule has 1 aliphatic rings. The molecule has 1 aromatic heterocycles. The Balaban J connectivity index is 2.15. The summed E-state index contributed by atoms with van der Waals surface area (Å²) in [7, 11) is 0. The van der Waals surface area contributed by atoms with Crippen molar-refractivity contribution >= 4 is 21.9 Å². The van der Waals surface area contributed by atoms with Gasteiger partial charge in [0.1, 0.15) is 24.7 Å². The van der Waals surface area contributed by atoms with E-state index in [4.69, 9.17) is 14.6 Å². The third-order valence-electron chi connectivity index (χ3n) is 2.79. The van der Waals surface area contributed by atoms with Crippen LogP contribution in [0.3, 0.4) is 0 Å². The molecule has 3 rings (SSSR count). The summed E-state index contributed by atoms with van der Waals surface area (Å²) in [5.74, 6) is -1.06. The van der Waals surface area contributed by atoms with Gasteiger partial charge in [0.05, 0.1) is 15.7 Å². The molecule has 0 atom stereocenters. The second kappa shape index (κ2) is 4.78. The number of hydrogen-bond acceptors (Lipinski definition) is 4. The number of aromatic nitrogens is 2. The van der Waals surface area contributed by atoms with Gasteiger partial charge < -0.3 is 14.6 Å². The monoisotopic (exact) mass is 342 g/mol. The Morgan fingerprint density at radius 1 is 1.40 bits per heavy atom. The van der Waals surface area contributed by atoms with E-state index < -0.39 is 11.8 Å². The molecule has 0 saturated carbocycles. The van der Waals surface area contributed by atoms with Crippen LogP contribution in [0.5, 0.6) is 11.5 Å². The van der Waals surface area contributed by atoms with Crippen LogP contribution in [0, 0.1) is 5.82 Å². The molecule has 0 amide bonds. The van der Waals surface area contributed by atoms with Gasteiger partial charge >= 0.3 is 5.97 Å². The Morgan fingerprint density at radius 2 is 2.15 bits per heavy atom. The Kier molecular flexibility index (Phi) is 3.09. The van der Waals surface area contributed by atoms with Crippen molar-refractivity contribution < 1.29 is 23.8 Å². The summed E-state index contributed by atoms with van der Waals surface area (Å²) in [5.41, 5.74) is 0.169. The highest BCUT2D eigenvalue weighted by molar-refractivity contribution is 9.10. The molecule has 2 N–H and O–H groups in total. The first kappa shape index (κ1) is 12.9. The van der Waals surface area contributed by atoms with Crippen LogP contribution >= 0.6 is 15.9 Å². The van der Waals surface area contributed by atoms with Gasteiger partial charge in [0.25, 0.3) is 0 Å². The zero-order valence-corrected chi connectivity index (χ0v) is 11.5. The highest BCUT2D eigenvalue weighted by Crippen LogP contribution is 2.44. The number of halogens is 2. The molecule has 0 spiro atoms. The number of rotatable bonds is 2. The van der Waals surface area contributed by atoms with Gasteiger partial charge in [-0.15, -0.1) is 0 Å². The van der Waals surface area contributed by atoms with Crippen molar-refractivity contribution in [3.8, 4) is 22.8 Å². The van der Waals surface area contributed by atoms with Crippen LogP contribution in [0.15, 0.2) is 16.6 Å². The van der Waals surface area contributed by atoms with Crippen LogP contribution in [-0.4, -0.2) is 34.5 Å². The first-order valence-corrected chi connectivity index (χ1v) is 6.44. The zero-order chi connectivity index (χ0) is 14.3. The molecule has 0 aliphatic carbocycles. The number of nitrogens with one attached hydrogen (secondary N) is 1. The van der Waals surface area contributed by atoms with Gasteiger partial charge in [-0.1, -0.05) is 0 Å². The molecule has 104 valence electrons. The molecule has 1 aromatic carbocycles. The van der Waals surface area contributed by atoms with Crippen molar-refractivity contribution in [2.24, 2.45) is 0 Å². The number of carboxylic acids is 1. The lowest BCUT2D eigenvalue weighted by molar-refractivity contribution is 0.0690. The second-order valence-corrected chi connectivity index (χ2v) is 4.84. The fourth-order valence-electron chi connectivity index (χ4n) is 1.91. The minimum atomic E-state index is -1.17. The molecule has 0 radical (unpaired) electrons. The van der Waals surface area contributed by atoms with Crippen molar-refractivity contribution in [1.29, 1.82) is 0 Å². The molecule has 0 fully saturated rings. The average Bonchev–Trinajstić information content (AvgIpc) is 2.88. The number of nitrogens with zero attached hydrogens (tertiary/aromatic N) is 1. The minimum absolute atomic E-state index is 0.123. The lowest BCUT2D eigenvalue weighted by Crippen LogP contribution is -2.16. The smallest absolute Gasteiger partial charge is 0.353 e. The van der Waals surface area contributed by atoms with E-state index in [1.807, 2.05) is 0 Å². The van der Waals surface area contributed by atoms with Crippen molar-refractivity contribution in [2.45, 2.75) is 0 Å². The van der Waals surface area contributed by atoms with E-state index in [0.717, 1.165) is 0 Å². The Bertz CT molecular complexity index is 701. The predicted octanol–water partition coefficient (Wildman–Crippen LogP) is 2.45. The number of fused-ring (bicyclic) bond motifs is 1. The van der Waals surface area contributed by atoms with E-state index in [1.54, 1.807) is 0 Å². The first-order chi connectivity index (χ1) is 9.58. The Hall–Kier alpha value is -2.09. The van der Waals surface area contributed by atoms with E-state index in [2.05, 4.69) is 26.1 Å². The molecular weight excluding hydrogens is 335 g/mol. The average molecular weight is 343 g/mol. The standard InChI is InChI=1S/C12H8BrFN2O4/c13-10-9(6-4-7(12(17)18)16-15-6)5(14)3-8-11(10)20-2-1-19-8/h3-4H,1-2H2,(H,15,16)(H,17,18). The highest BCUT2D eigenvalue weighted by Gasteiger charge is 2.24.